The molecule has 3 rings (SSSR count). The Labute approximate surface area is 125 Å². The standard InChI is InChI=1S/C18H19NS/c1-18(2,13-20)17-12-14-8-6-7-11-16(14)19(17)15-9-4-3-5-10-15/h3-12,20H,13H2,1-2H3. The van der Waals surface area contributed by atoms with E-state index in [1.165, 1.54) is 22.3 Å². The van der Waals surface area contributed by atoms with Crippen LogP contribution in [0.2, 0.25) is 0 Å². The molecule has 0 spiro atoms. The van der Waals surface area contributed by atoms with Crippen LogP contribution in [-0.2, 0) is 5.41 Å². The predicted molar refractivity (Wildman–Crippen MR) is 90.2 cm³/mol. The minimum absolute atomic E-state index is 0.0258. The Hall–Kier alpha value is -1.67. The highest BCUT2D eigenvalue weighted by Crippen LogP contribution is 2.33. The molecule has 1 aromatic heterocycles. The Kier molecular flexibility index (Phi) is 3.35. The van der Waals surface area contributed by atoms with Gasteiger partial charge < -0.3 is 4.57 Å². The number of hydrogen-bond acceptors (Lipinski definition) is 1. The lowest BCUT2D eigenvalue weighted by Crippen LogP contribution is -2.23. The number of thiol groups is 1. The van der Waals surface area contributed by atoms with Crippen LogP contribution >= 0.6 is 12.6 Å². The van der Waals surface area contributed by atoms with Gasteiger partial charge in [-0.05, 0) is 24.3 Å². The molecule has 0 aliphatic carbocycles. The predicted octanol–water partition coefficient (Wildman–Crippen LogP) is 4.84. The smallest absolute Gasteiger partial charge is 0.0531 e. The minimum Gasteiger partial charge on any atom is -0.313 e. The first-order valence-electron chi connectivity index (χ1n) is 6.91. The number of nitrogens with zero attached hydrogens (tertiary/aromatic N) is 1. The van der Waals surface area contributed by atoms with Crippen LogP contribution in [0.1, 0.15) is 19.5 Å². The van der Waals surface area contributed by atoms with E-state index >= 15 is 0 Å². The summed E-state index contributed by atoms with van der Waals surface area (Å²) in [6.07, 6.45) is 0. The van der Waals surface area contributed by atoms with Crippen molar-refractivity contribution in [1.82, 2.24) is 4.57 Å². The van der Waals surface area contributed by atoms with Crippen molar-refractivity contribution >= 4 is 23.5 Å². The largest absolute Gasteiger partial charge is 0.313 e. The van der Waals surface area contributed by atoms with Crippen molar-refractivity contribution in [2.75, 3.05) is 5.75 Å². The summed E-state index contributed by atoms with van der Waals surface area (Å²) in [5.74, 6) is 0.816. The van der Waals surface area contributed by atoms with E-state index in [4.69, 9.17) is 0 Å². The quantitative estimate of drug-likeness (QED) is 0.656. The maximum absolute atomic E-state index is 4.54. The highest BCUT2D eigenvalue weighted by molar-refractivity contribution is 7.80. The molecule has 0 radical (unpaired) electrons. The average Bonchev–Trinajstić information content (AvgIpc) is 2.88. The number of para-hydroxylation sites is 2. The first-order chi connectivity index (χ1) is 9.63. The summed E-state index contributed by atoms with van der Waals surface area (Å²) in [6.45, 7) is 4.49. The third kappa shape index (κ3) is 2.14. The third-order valence-corrected chi connectivity index (χ3v) is 4.60. The topological polar surface area (TPSA) is 4.93 Å². The SMILES string of the molecule is CC(C)(CS)c1cc2ccccc2n1-c1ccccc1. The van der Waals surface area contributed by atoms with Crippen LogP contribution < -0.4 is 0 Å². The monoisotopic (exact) mass is 281 g/mol. The lowest BCUT2D eigenvalue weighted by molar-refractivity contribution is 0.572. The van der Waals surface area contributed by atoms with E-state index in [0.29, 0.717) is 0 Å². The minimum atomic E-state index is 0.0258. The van der Waals surface area contributed by atoms with Gasteiger partial charge in [-0.15, -0.1) is 0 Å². The van der Waals surface area contributed by atoms with Crippen molar-refractivity contribution in [2.45, 2.75) is 19.3 Å². The summed E-state index contributed by atoms with van der Waals surface area (Å²) in [5, 5.41) is 1.28. The molecule has 0 saturated heterocycles. The van der Waals surface area contributed by atoms with Crippen molar-refractivity contribution in [3.63, 3.8) is 0 Å². The maximum Gasteiger partial charge on any atom is 0.0531 e. The van der Waals surface area contributed by atoms with Crippen LogP contribution in [0.25, 0.3) is 16.6 Å². The summed E-state index contributed by atoms with van der Waals surface area (Å²) >= 11 is 4.54. The number of aromatic nitrogens is 1. The van der Waals surface area contributed by atoms with Crippen LogP contribution in [0.4, 0.5) is 0 Å². The summed E-state index contributed by atoms with van der Waals surface area (Å²) in [6, 6.07) is 21.4. The van der Waals surface area contributed by atoms with Gasteiger partial charge in [0.05, 0.1) is 5.52 Å². The fraction of sp³-hybridized carbons (Fsp3) is 0.222. The van der Waals surface area contributed by atoms with Gasteiger partial charge in [-0.2, -0.15) is 12.6 Å². The van der Waals surface area contributed by atoms with Gasteiger partial charge in [0.2, 0.25) is 0 Å². The highest BCUT2D eigenvalue weighted by Gasteiger charge is 2.24. The molecule has 0 atom stereocenters. The van der Waals surface area contributed by atoms with Gasteiger partial charge in [-0.1, -0.05) is 50.2 Å². The zero-order chi connectivity index (χ0) is 14.2. The molecule has 102 valence electrons. The van der Waals surface area contributed by atoms with Crippen LogP contribution in [0.3, 0.4) is 0 Å². The fourth-order valence-corrected chi connectivity index (χ4v) is 2.75. The van der Waals surface area contributed by atoms with Gasteiger partial charge in [0.1, 0.15) is 0 Å². The van der Waals surface area contributed by atoms with Crippen molar-refractivity contribution in [1.29, 1.82) is 0 Å². The molecule has 0 N–H and O–H groups in total. The number of rotatable bonds is 3. The van der Waals surface area contributed by atoms with Gasteiger partial charge in [-0.3, -0.25) is 0 Å². The molecule has 2 aromatic carbocycles. The van der Waals surface area contributed by atoms with Gasteiger partial charge in [-0.25, -0.2) is 0 Å². The number of hydrogen-bond donors (Lipinski definition) is 1. The first-order valence-corrected chi connectivity index (χ1v) is 7.54. The van der Waals surface area contributed by atoms with E-state index in [1.807, 2.05) is 0 Å². The molecule has 1 heterocycles. The van der Waals surface area contributed by atoms with Gasteiger partial charge in [0.15, 0.2) is 0 Å². The van der Waals surface area contributed by atoms with E-state index in [0.717, 1.165) is 5.75 Å². The zero-order valence-corrected chi connectivity index (χ0v) is 12.8. The zero-order valence-electron chi connectivity index (χ0n) is 11.9. The second-order valence-corrected chi connectivity index (χ2v) is 6.12. The maximum atomic E-state index is 4.54. The molecule has 3 aromatic rings. The van der Waals surface area contributed by atoms with Gasteiger partial charge in [0.25, 0.3) is 0 Å². The summed E-state index contributed by atoms with van der Waals surface area (Å²) in [5.41, 5.74) is 3.79. The fourth-order valence-electron chi connectivity index (χ4n) is 2.59. The molecular weight excluding hydrogens is 262 g/mol. The molecule has 0 aliphatic rings. The average molecular weight is 281 g/mol. The molecular formula is C18H19NS. The van der Waals surface area contributed by atoms with Crippen LogP contribution in [0.5, 0.6) is 0 Å². The second-order valence-electron chi connectivity index (χ2n) is 5.80. The summed E-state index contributed by atoms with van der Waals surface area (Å²) < 4.78 is 2.35. The van der Waals surface area contributed by atoms with Crippen LogP contribution in [0.15, 0.2) is 60.7 Å². The molecule has 0 aliphatic heterocycles. The van der Waals surface area contributed by atoms with Gasteiger partial charge in [0, 0.05) is 27.9 Å². The van der Waals surface area contributed by atoms with Crippen LogP contribution in [0, 0.1) is 0 Å². The molecule has 0 saturated carbocycles. The summed E-state index contributed by atoms with van der Waals surface area (Å²) in [4.78, 5) is 0. The van der Waals surface area contributed by atoms with Crippen molar-refractivity contribution in [3.05, 3.63) is 66.4 Å². The molecule has 0 bridgehead atoms. The normalized spacial score (nSPS) is 11.9. The second kappa shape index (κ2) is 5.02. The Bertz CT molecular complexity index is 726. The molecule has 2 heteroatoms. The molecule has 20 heavy (non-hydrogen) atoms. The Balaban J connectivity index is 2.35. The Morgan fingerprint density at radius 3 is 2.30 bits per heavy atom. The first kappa shape index (κ1) is 13.3. The molecule has 0 fully saturated rings. The Morgan fingerprint density at radius 2 is 1.60 bits per heavy atom. The molecule has 1 nitrogen and oxygen atoms in total. The number of benzene rings is 2. The molecule has 0 unspecified atom stereocenters. The lowest BCUT2D eigenvalue weighted by atomic mass is 9.91. The van der Waals surface area contributed by atoms with Crippen molar-refractivity contribution in [2.24, 2.45) is 0 Å². The molecule has 0 amide bonds. The van der Waals surface area contributed by atoms with E-state index < -0.39 is 0 Å². The number of fused-ring (bicyclic) bond motifs is 1. The lowest BCUT2D eigenvalue weighted by Gasteiger charge is -2.25. The third-order valence-electron chi connectivity index (χ3n) is 3.81. The van der Waals surface area contributed by atoms with E-state index in [-0.39, 0.29) is 5.41 Å². The van der Waals surface area contributed by atoms with E-state index in [1.54, 1.807) is 0 Å². The highest BCUT2D eigenvalue weighted by atomic mass is 32.1. The van der Waals surface area contributed by atoms with Crippen molar-refractivity contribution in [3.8, 4) is 5.69 Å². The van der Waals surface area contributed by atoms with Crippen molar-refractivity contribution < 1.29 is 0 Å². The van der Waals surface area contributed by atoms with E-state index in [2.05, 4.69) is 91.7 Å². The summed E-state index contributed by atoms with van der Waals surface area (Å²) in [7, 11) is 0. The van der Waals surface area contributed by atoms with Crippen LogP contribution in [-0.4, -0.2) is 10.3 Å². The Morgan fingerprint density at radius 1 is 0.950 bits per heavy atom. The van der Waals surface area contributed by atoms with E-state index in [9.17, 15) is 0 Å². The van der Waals surface area contributed by atoms with Gasteiger partial charge >= 0.3 is 0 Å².